The molecule has 1 aromatic carbocycles. The minimum Gasteiger partial charge on any atom is -0.482 e. The summed E-state index contributed by atoms with van der Waals surface area (Å²) in [7, 11) is 0. The highest BCUT2D eigenvalue weighted by atomic mass is 16.5. The number of rotatable bonds is 4. The first-order valence-electron chi connectivity index (χ1n) is 8.08. The van der Waals surface area contributed by atoms with E-state index in [0.717, 1.165) is 36.9 Å². The van der Waals surface area contributed by atoms with Crippen molar-refractivity contribution in [3.05, 3.63) is 23.8 Å². The fourth-order valence-corrected chi connectivity index (χ4v) is 3.22. The maximum absolute atomic E-state index is 11.4. The van der Waals surface area contributed by atoms with Gasteiger partial charge >= 0.3 is 0 Å². The Hall–Kier alpha value is -1.59. The van der Waals surface area contributed by atoms with Crippen LogP contribution in [0.2, 0.25) is 0 Å². The van der Waals surface area contributed by atoms with Crippen molar-refractivity contribution < 1.29 is 14.6 Å². The van der Waals surface area contributed by atoms with Gasteiger partial charge in [0.05, 0.1) is 11.3 Å². The van der Waals surface area contributed by atoms with E-state index >= 15 is 0 Å². The van der Waals surface area contributed by atoms with E-state index in [9.17, 15) is 9.90 Å². The second kappa shape index (κ2) is 6.26. The van der Waals surface area contributed by atoms with Gasteiger partial charge in [0.2, 0.25) is 0 Å². The van der Waals surface area contributed by atoms with Gasteiger partial charge in [0, 0.05) is 12.6 Å². The fourth-order valence-electron chi connectivity index (χ4n) is 3.22. The molecule has 0 spiro atoms. The predicted molar refractivity (Wildman–Crippen MR) is 85.0 cm³/mol. The third-order valence-electron chi connectivity index (χ3n) is 4.66. The molecule has 1 saturated carbocycles. The van der Waals surface area contributed by atoms with E-state index in [2.05, 4.69) is 17.6 Å². The topological polar surface area (TPSA) is 70.6 Å². The molecule has 120 valence electrons. The quantitative estimate of drug-likeness (QED) is 0.798. The first-order valence-corrected chi connectivity index (χ1v) is 8.08. The molecule has 0 saturated heterocycles. The standard InChI is InChI=1S/C17H24N2O3/c1-12(18-11-17(21)7-3-2-4-8-17)13-5-6-15-14(9-13)19-16(20)10-22-15/h5-6,9,12,18,21H,2-4,7-8,10-11H2,1H3,(H,19,20). The first-order chi connectivity index (χ1) is 10.6. The number of amides is 1. The van der Waals surface area contributed by atoms with E-state index in [1.54, 1.807) is 0 Å². The molecule has 1 heterocycles. The van der Waals surface area contributed by atoms with Crippen LogP contribution in [0.25, 0.3) is 0 Å². The summed E-state index contributed by atoms with van der Waals surface area (Å²) in [4.78, 5) is 11.4. The lowest BCUT2D eigenvalue weighted by Crippen LogP contribution is -2.42. The zero-order valence-corrected chi connectivity index (χ0v) is 13.0. The molecule has 1 aromatic rings. The highest BCUT2D eigenvalue weighted by Gasteiger charge is 2.29. The Morgan fingerprint density at radius 1 is 1.36 bits per heavy atom. The molecule has 3 rings (SSSR count). The molecule has 1 fully saturated rings. The molecule has 1 atom stereocenters. The number of hydrogen-bond acceptors (Lipinski definition) is 4. The molecule has 5 nitrogen and oxygen atoms in total. The largest absolute Gasteiger partial charge is 0.482 e. The van der Waals surface area contributed by atoms with Gasteiger partial charge in [-0.25, -0.2) is 0 Å². The molecule has 0 aromatic heterocycles. The van der Waals surface area contributed by atoms with Crippen molar-refractivity contribution in [2.45, 2.75) is 50.7 Å². The number of carbonyl (C=O) groups is 1. The van der Waals surface area contributed by atoms with Crippen molar-refractivity contribution in [2.24, 2.45) is 0 Å². The molecular formula is C17H24N2O3. The van der Waals surface area contributed by atoms with Crippen molar-refractivity contribution in [3.8, 4) is 5.75 Å². The van der Waals surface area contributed by atoms with E-state index < -0.39 is 5.60 Å². The molecule has 0 radical (unpaired) electrons. The zero-order valence-electron chi connectivity index (χ0n) is 13.0. The maximum Gasteiger partial charge on any atom is 0.262 e. The van der Waals surface area contributed by atoms with Crippen molar-refractivity contribution >= 4 is 11.6 Å². The minimum atomic E-state index is -0.571. The van der Waals surface area contributed by atoms with Gasteiger partial charge < -0.3 is 20.5 Å². The molecule has 0 bridgehead atoms. The van der Waals surface area contributed by atoms with E-state index in [0.29, 0.717) is 12.3 Å². The molecule has 22 heavy (non-hydrogen) atoms. The summed E-state index contributed by atoms with van der Waals surface area (Å²) in [5, 5.41) is 16.8. The summed E-state index contributed by atoms with van der Waals surface area (Å²) < 4.78 is 5.37. The van der Waals surface area contributed by atoms with Crippen LogP contribution in [0.15, 0.2) is 18.2 Å². The Balaban J connectivity index is 1.63. The van der Waals surface area contributed by atoms with Crippen LogP contribution in [0.3, 0.4) is 0 Å². The van der Waals surface area contributed by atoms with Crippen LogP contribution < -0.4 is 15.4 Å². The number of nitrogens with one attached hydrogen (secondary N) is 2. The van der Waals surface area contributed by atoms with E-state index in [1.165, 1.54) is 6.42 Å². The van der Waals surface area contributed by atoms with Gasteiger partial charge in [-0.05, 0) is 37.5 Å². The second-order valence-electron chi connectivity index (χ2n) is 6.48. The summed E-state index contributed by atoms with van der Waals surface area (Å²) in [5.41, 5.74) is 1.22. The zero-order chi connectivity index (χ0) is 15.6. The molecule has 5 heteroatoms. The van der Waals surface area contributed by atoms with Crippen LogP contribution in [0.1, 0.15) is 50.6 Å². The fraction of sp³-hybridized carbons (Fsp3) is 0.588. The summed E-state index contributed by atoms with van der Waals surface area (Å²) in [6.07, 6.45) is 5.19. The molecule has 1 aliphatic heterocycles. The third kappa shape index (κ3) is 3.42. The van der Waals surface area contributed by atoms with Crippen LogP contribution in [-0.2, 0) is 4.79 Å². The van der Waals surface area contributed by atoms with Crippen molar-refractivity contribution in [2.75, 3.05) is 18.5 Å². The third-order valence-corrected chi connectivity index (χ3v) is 4.66. The van der Waals surface area contributed by atoms with Gasteiger partial charge in [-0.1, -0.05) is 25.3 Å². The lowest BCUT2D eigenvalue weighted by molar-refractivity contribution is -0.118. The molecule has 1 unspecified atom stereocenters. The first kappa shape index (κ1) is 15.3. The summed E-state index contributed by atoms with van der Waals surface area (Å²) in [5.74, 6) is 0.586. The van der Waals surface area contributed by atoms with Gasteiger partial charge in [-0.2, -0.15) is 0 Å². The molecule has 2 aliphatic rings. The van der Waals surface area contributed by atoms with Crippen LogP contribution in [0.4, 0.5) is 5.69 Å². The van der Waals surface area contributed by atoms with Gasteiger partial charge in [-0.3, -0.25) is 4.79 Å². The summed E-state index contributed by atoms with van der Waals surface area (Å²) in [6, 6.07) is 5.93. The lowest BCUT2D eigenvalue weighted by Gasteiger charge is -2.33. The van der Waals surface area contributed by atoms with Crippen molar-refractivity contribution in [1.29, 1.82) is 0 Å². The maximum atomic E-state index is 11.4. The predicted octanol–water partition coefficient (Wildman–Crippen LogP) is 2.36. The number of aliphatic hydroxyl groups is 1. The Bertz CT molecular complexity index is 553. The number of benzene rings is 1. The lowest BCUT2D eigenvalue weighted by atomic mass is 9.84. The van der Waals surface area contributed by atoms with Gasteiger partial charge in [-0.15, -0.1) is 0 Å². The Kier molecular flexibility index (Phi) is 4.36. The van der Waals surface area contributed by atoms with Crippen LogP contribution in [0.5, 0.6) is 5.75 Å². The van der Waals surface area contributed by atoms with E-state index in [1.807, 2.05) is 18.2 Å². The number of hydrogen-bond donors (Lipinski definition) is 3. The van der Waals surface area contributed by atoms with Crippen LogP contribution >= 0.6 is 0 Å². The van der Waals surface area contributed by atoms with E-state index in [-0.39, 0.29) is 18.6 Å². The number of ether oxygens (including phenoxy) is 1. The number of anilines is 1. The van der Waals surface area contributed by atoms with Gasteiger partial charge in [0.1, 0.15) is 5.75 Å². The minimum absolute atomic E-state index is 0.0766. The smallest absolute Gasteiger partial charge is 0.262 e. The number of fused-ring (bicyclic) bond motifs is 1. The Morgan fingerprint density at radius 3 is 2.91 bits per heavy atom. The van der Waals surface area contributed by atoms with Gasteiger partial charge in [0.25, 0.3) is 5.91 Å². The SMILES string of the molecule is CC(NCC1(O)CCCCC1)c1ccc2c(c1)NC(=O)CO2. The normalized spacial score (nSPS) is 21.5. The highest BCUT2D eigenvalue weighted by molar-refractivity contribution is 5.95. The van der Waals surface area contributed by atoms with Crippen LogP contribution in [-0.4, -0.2) is 29.8 Å². The molecule has 1 aliphatic carbocycles. The Labute approximate surface area is 131 Å². The Morgan fingerprint density at radius 2 is 2.14 bits per heavy atom. The van der Waals surface area contributed by atoms with Crippen molar-refractivity contribution in [1.82, 2.24) is 5.32 Å². The summed E-state index contributed by atoms with van der Waals surface area (Å²) in [6.45, 7) is 2.75. The van der Waals surface area contributed by atoms with Gasteiger partial charge in [0.15, 0.2) is 6.61 Å². The summed E-state index contributed by atoms with van der Waals surface area (Å²) >= 11 is 0. The monoisotopic (exact) mass is 304 g/mol. The van der Waals surface area contributed by atoms with E-state index in [4.69, 9.17) is 4.74 Å². The number of carbonyl (C=O) groups excluding carboxylic acids is 1. The van der Waals surface area contributed by atoms with Crippen LogP contribution in [0, 0.1) is 0 Å². The second-order valence-corrected chi connectivity index (χ2v) is 6.48. The molecule has 3 N–H and O–H groups in total. The average Bonchev–Trinajstić information content (AvgIpc) is 2.52. The molecule has 1 amide bonds. The van der Waals surface area contributed by atoms with Crippen molar-refractivity contribution in [3.63, 3.8) is 0 Å². The average molecular weight is 304 g/mol. The highest BCUT2D eigenvalue weighted by Crippen LogP contribution is 2.31. The molecular weight excluding hydrogens is 280 g/mol.